The summed E-state index contributed by atoms with van der Waals surface area (Å²) in [6.45, 7) is 2.66. The summed E-state index contributed by atoms with van der Waals surface area (Å²) in [5, 5.41) is 10.9. The minimum absolute atomic E-state index is 0.221. The molecule has 1 rings (SSSR count). The van der Waals surface area contributed by atoms with Crippen molar-refractivity contribution in [3.05, 3.63) is 16.8 Å². The summed E-state index contributed by atoms with van der Waals surface area (Å²) in [4.78, 5) is 0. The molecule has 1 heterocycles. The van der Waals surface area contributed by atoms with E-state index in [4.69, 9.17) is 17.0 Å². The number of hydrogen-bond acceptors (Lipinski definition) is 3. The summed E-state index contributed by atoms with van der Waals surface area (Å²) in [6.07, 6.45) is 0. The van der Waals surface area contributed by atoms with Gasteiger partial charge in [0.2, 0.25) is 0 Å². The summed E-state index contributed by atoms with van der Waals surface area (Å²) in [6, 6.07) is 2.21. The van der Waals surface area contributed by atoms with E-state index >= 15 is 0 Å². The van der Waals surface area contributed by atoms with Crippen LogP contribution >= 0.6 is 23.6 Å². The van der Waals surface area contributed by atoms with Crippen LogP contribution in [0, 0.1) is 0 Å². The molecule has 0 bridgehead atoms. The van der Waals surface area contributed by atoms with Gasteiger partial charge < -0.3 is 15.4 Å². The zero-order valence-electron chi connectivity index (χ0n) is 8.24. The van der Waals surface area contributed by atoms with Gasteiger partial charge in [-0.15, -0.1) is 0 Å². The molecule has 0 aromatic carbocycles. The minimum atomic E-state index is 0.221. The molecule has 0 amide bonds. The first-order chi connectivity index (χ1) is 6.72. The Labute approximate surface area is 93.5 Å². The van der Waals surface area contributed by atoms with E-state index in [1.54, 1.807) is 18.4 Å². The van der Waals surface area contributed by atoms with Crippen LogP contribution in [0.1, 0.15) is 6.92 Å². The third-order valence-corrected chi connectivity index (χ3v) is 2.48. The van der Waals surface area contributed by atoms with Gasteiger partial charge in [0, 0.05) is 18.5 Å². The highest BCUT2D eigenvalue weighted by molar-refractivity contribution is 7.80. The highest BCUT2D eigenvalue weighted by Gasteiger charge is 2.03. The maximum atomic E-state index is 5.12. The van der Waals surface area contributed by atoms with Gasteiger partial charge in [-0.3, -0.25) is 0 Å². The summed E-state index contributed by atoms with van der Waals surface area (Å²) < 4.78 is 4.99. The minimum Gasteiger partial charge on any atom is -0.383 e. The maximum Gasteiger partial charge on any atom is 0.171 e. The second-order valence-corrected chi connectivity index (χ2v) is 4.16. The van der Waals surface area contributed by atoms with Crippen LogP contribution in [0.25, 0.3) is 0 Å². The standard InChI is InChI=1S/C9H14N2OS2/c1-7(5-12-2)10-9(13)11-8-3-4-14-6-8/h3-4,6-7H,5H2,1-2H3,(H2,10,11,13). The van der Waals surface area contributed by atoms with Gasteiger partial charge in [0.05, 0.1) is 12.3 Å². The Hall–Kier alpha value is -0.650. The molecule has 0 fully saturated rings. The number of ether oxygens (including phenoxy) is 1. The molecular formula is C9H14N2OS2. The lowest BCUT2D eigenvalue weighted by Crippen LogP contribution is -2.38. The van der Waals surface area contributed by atoms with Crippen molar-refractivity contribution in [3.63, 3.8) is 0 Å². The molecular weight excluding hydrogens is 216 g/mol. The normalized spacial score (nSPS) is 12.1. The monoisotopic (exact) mass is 230 g/mol. The highest BCUT2D eigenvalue weighted by atomic mass is 32.1. The number of thiocarbonyl (C=S) groups is 1. The van der Waals surface area contributed by atoms with Crippen molar-refractivity contribution < 1.29 is 4.74 Å². The smallest absolute Gasteiger partial charge is 0.171 e. The third-order valence-electron chi connectivity index (χ3n) is 1.57. The number of thiophene rings is 1. The van der Waals surface area contributed by atoms with Crippen LogP contribution in [0.2, 0.25) is 0 Å². The summed E-state index contributed by atoms with van der Waals surface area (Å²) in [5.41, 5.74) is 1.03. The first kappa shape index (κ1) is 11.4. The van der Waals surface area contributed by atoms with Gasteiger partial charge in [-0.2, -0.15) is 11.3 Å². The zero-order valence-corrected chi connectivity index (χ0v) is 9.87. The first-order valence-electron chi connectivity index (χ1n) is 4.31. The molecule has 0 saturated carbocycles. The number of nitrogens with one attached hydrogen (secondary N) is 2. The molecule has 0 saturated heterocycles. The van der Waals surface area contributed by atoms with E-state index in [2.05, 4.69) is 10.6 Å². The number of rotatable bonds is 4. The van der Waals surface area contributed by atoms with Gasteiger partial charge in [-0.25, -0.2) is 0 Å². The van der Waals surface area contributed by atoms with Crippen LogP contribution in [0.3, 0.4) is 0 Å². The highest BCUT2D eigenvalue weighted by Crippen LogP contribution is 2.11. The average molecular weight is 230 g/mol. The SMILES string of the molecule is COCC(C)NC(=S)Nc1ccsc1. The molecule has 0 spiro atoms. The van der Waals surface area contributed by atoms with Crippen molar-refractivity contribution in [2.24, 2.45) is 0 Å². The van der Waals surface area contributed by atoms with Gasteiger partial charge in [0.15, 0.2) is 5.11 Å². The van der Waals surface area contributed by atoms with Gasteiger partial charge in [0.25, 0.3) is 0 Å². The molecule has 0 aliphatic carbocycles. The Balaban J connectivity index is 2.29. The molecule has 78 valence electrons. The van der Waals surface area contributed by atoms with Crippen molar-refractivity contribution in [3.8, 4) is 0 Å². The average Bonchev–Trinajstić information content (AvgIpc) is 2.56. The Kier molecular flexibility index (Phi) is 4.86. The molecule has 5 heteroatoms. The Morgan fingerprint density at radius 2 is 2.50 bits per heavy atom. The second kappa shape index (κ2) is 5.95. The summed E-state index contributed by atoms with van der Waals surface area (Å²) >= 11 is 6.76. The van der Waals surface area contributed by atoms with Crippen LogP contribution in [0.4, 0.5) is 5.69 Å². The molecule has 0 aliphatic rings. The maximum absolute atomic E-state index is 5.12. The number of methoxy groups -OCH3 is 1. The molecule has 0 aliphatic heterocycles. The molecule has 2 N–H and O–H groups in total. The predicted molar refractivity (Wildman–Crippen MR) is 65.0 cm³/mol. The van der Waals surface area contributed by atoms with Crippen molar-refractivity contribution in [2.75, 3.05) is 19.0 Å². The number of hydrogen-bond donors (Lipinski definition) is 2. The van der Waals surface area contributed by atoms with Crippen LogP contribution in [-0.4, -0.2) is 24.9 Å². The van der Waals surface area contributed by atoms with Crippen LogP contribution < -0.4 is 10.6 Å². The number of anilines is 1. The van der Waals surface area contributed by atoms with Crippen molar-refractivity contribution in [1.82, 2.24) is 5.32 Å². The van der Waals surface area contributed by atoms with Crippen molar-refractivity contribution in [1.29, 1.82) is 0 Å². The van der Waals surface area contributed by atoms with E-state index in [0.29, 0.717) is 11.7 Å². The third kappa shape index (κ3) is 4.04. The lowest BCUT2D eigenvalue weighted by atomic mass is 10.4. The summed E-state index contributed by atoms with van der Waals surface area (Å²) in [5.74, 6) is 0. The van der Waals surface area contributed by atoms with Crippen LogP contribution in [0.15, 0.2) is 16.8 Å². The fourth-order valence-electron chi connectivity index (χ4n) is 1.02. The Morgan fingerprint density at radius 3 is 3.07 bits per heavy atom. The van der Waals surface area contributed by atoms with E-state index < -0.39 is 0 Å². The second-order valence-electron chi connectivity index (χ2n) is 2.97. The molecule has 14 heavy (non-hydrogen) atoms. The van der Waals surface area contributed by atoms with Gasteiger partial charge in [-0.1, -0.05) is 0 Å². The zero-order chi connectivity index (χ0) is 10.4. The van der Waals surface area contributed by atoms with Crippen molar-refractivity contribution >= 4 is 34.4 Å². The van der Waals surface area contributed by atoms with Gasteiger partial charge in [-0.05, 0) is 30.6 Å². The lowest BCUT2D eigenvalue weighted by Gasteiger charge is -2.15. The van der Waals surface area contributed by atoms with Gasteiger partial charge in [0.1, 0.15) is 0 Å². The molecule has 1 aromatic heterocycles. The molecule has 3 nitrogen and oxygen atoms in total. The fraction of sp³-hybridized carbons (Fsp3) is 0.444. The van der Waals surface area contributed by atoms with E-state index in [9.17, 15) is 0 Å². The van der Waals surface area contributed by atoms with E-state index in [1.807, 2.05) is 23.8 Å². The molecule has 1 atom stereocenters. The Bertz CT molecular complexity index is 274. The lowest BCUT2D eigenvalue weighted by molar-refractivity contribution is 0.179. The van der Waals surface area contributed by atoms with Gasteiger partial charge >= 0.3 is 0 Å². The molecule has 1 unspecified atom stereocenters. The molecule has 1 aromatic rings. The van der Waals surface area contributed by atoms with Crippen LogP contribution in [0.5, 0.6) is 0 Å². The van der Waals surface area contributed by atoms with E-state index in [0.717, 1.165) is 5.69 Å². The van der Waals surface area contributed by atoms with Crippen LogP contribution in [-0.2, 0) is 4.74 Å². The van der Waals surface area contributed by atoms with E-state index in [-0.39, 0.29) is 6.04 Å². The largest absolute Gasteiger partial charge is 0.383 e. The quantitative estimate of drug-likeness (QED) is 0.776. The summed E-state index contributed by atoms with van der Waals surface area (Å²) in [7, 11) is 1.67. The van der Waals surface area contributed by atoms with E-state index in [1.165, 1.54) is 0 Å². The topological polar surface area (TPSA) is 33.3 Å². The Morgan fingerprint density at radius 1 is 1.71 bits per heavy atom. The van der Waals surface area contributed by atoms with Crippen molar-refractivity contribution in [2.45, 2.75) is 13.0 Å². The predicted octanol–water partition coefficient (Wildman–Crippen LogP) is 2.07. The molecule has 0 radical (unpaired) electrons. The first-order valence-corrected chi connectivity index (χ1v) is 5.66. The fourth-order valence-corrected chi connectivity index (χ4v) is 1.93.